The van der Waals surface area contributed by atoms with Gasteiger partial charge in [0.05, 0.1) is 24.2 Å². The SMILES string of the molecule is [C-]#[N+]c1cccc(F)c1-c1c(-c2ccc3c(c2)C(CN)=NCC3=O)cnn1C. The van der Waals surface area contributed by atoms with Gasteiger partial charge in [-0.1, -0.05) is 24.3 Å². The molecule has 1 aliphatic rings. The van der Waals surface area contributed by atoms with Gasteiger partial charge >= 0.3 is 0 Å². The molecule has 2 heterocycles. The molecule has 1 aliphatic heterocycles. The molecule has 0 atom stereocenters. The number of rotatable bonds is 3. The molecule has 7 heteroatoms. The number of aromatic nitrogens is 2. The van der Waals surface area contributed by atoms with Gasteiger partial charge in [-0.05, 0) is 17.7 Å². The lowest BCUT2D eigenvalue weighted by Gasteiger charge is -2.17. The first kappa shape index (κ1) is 17.8. The van der Waals surface area contributed by atoms with Gasteiger partial charge in [-0.2, -0.15) is 5.10 Å². The van der Waals surface area contributed by atoms with Crippen LogP contribution in [0.3, 0.4) is 0 Å². The summed E-state index contributed by atoms with van der Waals surface area (Å²) in [6.45, 7) is 7.71. The Morgan fingerprint density at radius 1 is 1.25 bits per heavy atom. The largest absolute Gasteiger partial charge is 0.325 e. The molecule has 3 aromatic rings. The van der Waals surface area contributed by atoms with Crippen molar-refractivity contribution in [2.24, 2.45) is 17.8 Å². The summed E-state index contributed by atoms with van der Waals surface area (Å²) in [5.41, 5.74) is 10.0. The molecule has 0 saturated carbocycles. The standard InChI is InChI=1S/C21H16FN5O/c1-24-17-5-3-4-16(22)20(17)21-15(10-26-27(21)2)12-6-7-13-14(8-12)18(9-23)25-11-19(13)28/h3-8,10H,9,11,23H2,2H3. The number of nitrogens with zero attached hydrogens (tertiary/aromatic N) is 4. The van der Waals surface area contributed by atoms with Gasteiger partial charge in [0.15, 0.2) is 11.5 Å². The molecular weight excluding hydrogens is 357 g/mol. The molecule has 2 aromatic carbocycles. The normalized spacial score (nSPS) is 13.1. The van der Waals surface area contributed by atoms with E-state index in [-0.39, 0.29) is 30.1 Å². The first-order chi connectivity index (χ1) is 13.5. The molecule has 0 bridgehead atoms. The van der Waals surface area contributed by atoms with Crippen molar-refractivity contribution in [3.8, 4) is 22.4 Å². The minimum atomic E-state index is -0.490. The van der Waals surface area contributed by atoms with Crippen LogP contribution < -0.4 is 5.73 Å². The van der Waals surface area contributed by atoms with Gasteiger partial charge in [-0.3, -0.25) is 14.5 Å². The number of carbonyl (C=O) groups is 1. The predicted octanol–water partition coefficient (Wildman–Crippen LogP) is 3.39. The quantitative estimate of drug-likeness (QED) is 0.715. The molecular formula is C21H16FN5O. The minimum Gasteiger partial charge on any atom is -0.325 e. The third kappa shape index (κ3) is 2.71. The fraction of sp³-hybridized carbons (Fsp3) is 0.143. The fourth-order valence-electron chi connectivity index (χ4n) is 3.49. The van der Waals surface area contributed by atoms with Gasteiger partial charge in [-0.15, -0.1) is 0 Å². The van der Waals surface area contributed by atoms with Crippen LogP contribution in [-0.2, 0) is 7.05 Å². The van der Waals surface area contributed by atoms with Gasteiger partial charge in [0.2, 0.25) is 0 Å². The zero-order chi connectivity index (χ0) is 19.8. The number of halogens is 1. The van der Waals surface area contributed by atoms with E-state index in [1.165, 1.54) is 12.1 Å². The van der Waals surface area contributed by atoms with Crippen LogP contribution >= 0.6 is 0 Å². The lowest BCUT2D eigenvalue weighted by atomic mass is 9.91. The first-order valence-corrected chi connectivity index (χ1v) is 8.65. The average Bonchev–Trinajstić information content (AvgIpc) is 3.09. The Kier molecular flexibility index (Phi) is 4.34. The highest BCUT2D eigenvalue weighted by atomic mass is 19.1. The van der Waals surface area contributed by atoms with E-state index >= 15 is 0 Å². The molecule has 6 nitrogen and oxygen atoms in total. The van der Waals surface area contributed by atoms with E-state index in [9.17, 15) is 9.18 Å². The maximum atomic E-state index is 14.7. The Hall–Kier alpha value is -3.63. The number of hydrogen-bond acceptors (Lipinski definition) is 4. The van der Waals surface area contributed by atoms with Crippen LogP contribution in [-0.4, -0.2) is 34.4 Å². The second kappa shape index (κ2) is 6.83. The van der Waals surface area contributed by atoms with Crippen molar-refractivity contribution in [3.05, 3.63) is 71.0 Å². The summed E-state index contributed by atoms with van der Waals surface area (Å²) < 4.78 is 16.2. The highest BCUT2D eigenvalue weighted by Crippen LogP contribution is 2.39. The molecule has 0 fully saturated rings. The van der Waals surface area contributed by atoms with E-state index < -0.39 is 5.82 Å². The fourth-order valence-corrected chi connectivity index (χ4v) is 3.49. The number of Topliss-reactive ketones (excluding diaryl/α,β-unsaturated/α-hetero) is 1. The number of nitrogens with two attached hydrogens (primary N) is 1. The summed E-state index contributed by atoms with van der Waals surface area (Å²) in [5.74, 6) is -0.551. The second-order valence-electron chi connectivity index (χ2n) is 6.43. The summed E-state index contributed by atoms with van der Waals surface area (Å²) >= 11 is 0. The summed E-state index contributed by atoms with van der Waals surface area (Å²) in [5, 5.41) is 4.28. The van der Waals surface area contributed by atoms with Crippen LogP contribution in [0.1, 0.15) is 15.9 Å². The molecule has 0 saturated heterocycles. The van der Waals surface area contributed by atoms with Crippen molar-refractivity contribution >= 4 is 17.2 Å². The van der Waals surface area contributed by atoms with Gasteiger partial charge in [-0.25, -0.2) is 9.24 Å². The molecule has 2 N–H and O–H groups in total. The lowest BCUT2D eigenvalue weighted by molar-refractivity contribution is 0.1000. The molecule has 138 valence electrons. The van der Waals surface area contributed by atoms with Gasteiger partial charge < -0.3 is 5.73 Å². The van der Waals surface area contributed by atoms with Gasteiger partial charge in [0.1, 0.15) is 12.4 Å². The van der Waals surface area contributed by atoms with E-state index in [2.05, 4.69) is 14.9 Å². The van der Waals surface area contributed by atoms with Crippen molar-refractivity contribution in [3.63, 3.8) is 0 Å². The van der Waals surface area contributed by atoms with E-state index in [1.807, 2.05) is 6.07 Å². The average molecular weight is 373 g/mol. The van der Waals surface area contributed by atoms with Crippen LogP contribution in [0.2, 0.25) is 0 Å². The Balaban J connectivity index is 1.95. The van der Waals surface area contributed by atoms with Crippen LogP contribution in [0.25, 0.3) is 27.2 Å². The maximum absolute atomic E-state index is 14.7. The topological polar surface area (TPSA) is 77.6 Å². The van der Waals surface area contributed by atoms with Crippen LogP contribution in [0.15, 0.2) is 47.6 Å². The lowest BCUT2D eigenvalue weighted by Crippen LogP contribution is -2.24. The van der Waals surface area contributed by atoms with E-state index in [1.54, 1.807) is 36.1 Å². The third-order valence-electron chi connectivity index (χ3n) is 4.84. The van der Waals surface area contributed by atoms with Gasteiger partial charge in [0, 0.05) is 35.8 Å². The highest BCUT2D eigenvalue weighted by molar-refractivity contribution is 6.16. The molecule has 1 aromatic heterocycles. The van der Waals surface area contributed by atoms with Crippen molar-refractivity contribution in [2.45, 2.75) is 0 Å². The van der Waals surface area contributed by atoms with E-state index in [4.69, 9.17) is 12.3 Å². The maximum Gasteiger partial charge on any atom is 0.199 e. The van der Waals surface area contributed by atoms with E-state index in [0.29, 0.717) is 28.1 Å². The Labute approximate surface area is 161 Å². The number of fused-ring (bicyclic) bond motifs is 1. The number of aliphatic imine (C=N–C) groups is 1. The monoisotopic (exact) mass is 373 g/mol. The molecule has 0 aliphatic carbocycles. The van der Waals surface area contributed by atoms with Crippen LogP contribution in [0, 0.1) is 12.4 Å². The van der Waals surface area contributed by atoms with Crippen molar-refractivity contribution in [2.75, 3.05) is 13.1 Å². The highest BCUT2D eigenvalue weighted by Gasteiger charge is 2.23. The van der Waals surface area contributed by atoms with Crippen molar-refractivity contribution in [1.29, 1.82) is 0 Å². The molecule has 0 radical (unpaired) electrons. The molecule has 28 heavy (non-hydrogen) atoms. The van der Waals surface area contributed by atoms with Crippen molar-refractivity contribution < 1.29 is 9.18 Å². The van der Waals surface area contributed by atoms with Gasteiger partial charge in [0.25, 0.3) is 0 Å². The number of aryl methyl sites for hydroxylation is 1. The Morgan fingerprint density at radius 2 is 2.07 bits per heavy atom. The number of ketones is 1. The smallest absolute Gasteiger partial charge is 0.199 e. The Bertz CT molecular complexity index is 1190. The van der Waals surface area contributed by atoms with Crippen LogP contribution in [0.4, 0.5) is 10.1 Å². The third-order valence-corrected chi connectivity index (χ3v) is 4.84. The number of hydrogen-bond donors (Lipinski definition) is 1. The number of carbonyl (C=O) groups excluding carboxylic acids is 1. The second-order valence-corrected chi connectivity index (χ2v) is 6.43. The first-order valence-electron chi connectivity index (χ1n) is 8.65. The number of benzene rings is 2. The Morgan fingerprint density at radius 3 is 2.82 bits per heavy atom. The van der Waals surface area contributed by atoms with Crippen molar-refractivity contribution in [1.82, 2.24) is 9.78 Å². The molecule has 0 amide bonds. The van der Waals surface area contributed by atoms with E-state index in [0.717, 1.165) is 5.56 Å². The summed E-state index contributed by atoms with van der Waals surface area (Å²) in [6, 6.07) is 9.78. The molecule has 4 rings (SSSR count). The predicted molar refractivity (Wildman–Crippen MR) is 105 cm³/mol. The summed E-state index contributed by atoms with van der Waals surface area (Å²) in [4.78, 5) is 19.9. The summed E-state index contributed by atoms with van der Waals surface area (Å²) in [6.07, 6.45) is 1.63. The summed E-state index contributed by atoms with van der Waals surface area (Å²) in [7, 11) is 1.70. The zero-order valence-electron chi connectivity index (χ0n) is 15.1. The minimum absolute atomic E-state index is 0.0606. The zero-order valence-corrected chi connectivity index (χ0v) is 15.1. The van der Waals surface area contributed by atoms with Crippen LogP contribution in [0.5, 0.6) is 0 Å². The molecule has 0 spiro atoms. The molecule has 0 unspecified atom stereocenters.